The van der Waals surface area contributed by atoms with Crippen molar-refractivity contribution in [2.45, 2.75) is 13.8 Å². The zero-order valence-electron chi connectivity index (χ0n) is 4.81. The van der Waals surface area contributed by atoms with Crippen LogP contribution in [0.15, 0.2) is 0 Å². The van der Waals surface area contributed by atoms with Gasteiger partial charge in [0.05, 0.1) is 0 Å². The van der Waals surface area contributed by atoms with Crippen LogP contribution >= 0.6 is 13.5 Å². The Morgan fingerprint density at radius 1 is 1.00 bits per heavy atom. The fraction of sp³-hybridized carbons (Fsp3) is 1.00. The highest BCUT2D eigenvalue weighted by Gasteiger charge is 1.34. The molecule has 0 unspecified atom stereocenters. The van der Waals surface area contributed by atoms with Gasteiger partial charge in [0.1, 0.15) is 0 Å². The average Bonchev–Trinajstić information content (AvgIpc) is 1.39. The summed E-state index contributed by atoms with van der Waals surface area (Å²) in [7, 11) is 0. The summed E-state index contributed by atoms with van der Waals surface area (Å²) in [5.41, 5.74) is 0. The number of aliphatic hydroxyl groups is 2. The second-order valence-corrected chi connectivity index (χ2v) is 0.632. The minimum absolute atomic E-state index is 0. The molecule has 0 heterocycles. The van der Waals surface area contributed by atoms with E-state index in [1.54, 1.807) is 13.8 Å². The first-order chi connectivity index (χ1) is 2.83. The molecule has 0 bridgehead atoms. The summed E-state index contributed by atoms with van der Waals surface area (Å²) in [6, 6.07) is 0. The van der Waals surface area contributed by atoms with Gasteiger partial charge in [-0.3, -0.25) is 0 Å². The number of hydrogen-bond donors (Lipinski definition) is 2. The molecule has 0 aromatic heterocycles. The van der Waals surface area contributed by atoms with Gasteiger partial charge in [-0.2, -0.15) is 13.5 Å². The smallest absolute Gasteiger partial charge is 0.0402 e. The molecule has 3 heteroatoms. The van der Waals surface area contributed by atoms with Crippen molar-refractivity contribution >= 4 is 13.5 Å². The predicted molar refractivity (Wildman–Crippen MR) is 35.9 cm³/mol. The summed E-state index contributed by atoms with van der Waals surface area (Å²) in [4.78, 5) is 0. The molecule has 0 aromatic rings. The lowest BCUT2D eigenvalue weighted by atomic mass is 10.9. The van der Waals surface area contributed by atoms with Crippen LogP contribution in [0.4, 0.5) is 0 Å². The lowest BCUT2D eigenvalue weighted by Gasteiger charge is -1.52. The van der Waals surface area contributed by atoms with E-state index in [-0.39, 0.29) is 26.7 Å². The Hall–Kier alpha value is 0.270. The minimum atomic E-state index is 0. The van der Waals surface area contributed by atoms with E-state index >= 15 is 0 Å². The maximum Gasteiger partial charge on any atom is 0.0402 e. The minimum Gasteiger partial charge on any atom is -0.397 e. The largest absolute Gasteiger partial charge is 0.397 e. The fourth-order valence-electron chi connectivity index (χ4n) is 0. The first-order valence-corrected chi connectivity index (χ1v) is 2.05. The molecule has 2 N–H and O–H groups in total. The van der Waals surface area contributed by atoms with Crippen molar-refractivity contribution in [3.05, 3.63) is 0 Å². The molecule has 48 valence electrons. The van der Waals surface area contributed by atoms with Crippen LogP contribution in [0.25, 0.3) is 0 Å². The van der Waals surface area contributed by atoms with Crippen molar-refractivity contribution in [1.82, 2.24) is 0 Å². The van der Waals surface area contributed by atoms with E-state index in [2.05, 4.69) is 0 Å². The van der Waals surface area contributed by atoms with Crippen molar-refractivity contribution in [1.29, 1.82) is 0 Å². The van der Waals surface area contributed by atoms with Gasteiger partial charge in [-0.05, 0) is 13.8 Å². The van der Waals surface area contributed by atoms with Crippen molar-refractivity contribution in [2.24, 2.45) is 0 Å². The van der Waals surface area contributed by atoms with Crippen molar-refractivity contribution < 1.29 is 10.2 Å². The van der Waals surface area contributed by atoms with Gasteiger partial charge in [-0.25, -0.2) is 0 Å². The molecule has 0 fully saturated rings. The molecule has 0 saturated carbocycles. The van der Waals surface area contributed by atoms with Gasteiger partial charge in [-0.15, -0.1) is 0 Å². The van der Waals surface area contributed by atoms with Gasteiger partial charge in [0.15, 0.2) is 0 Å². The molecule has 0 spiro atoms. The van der Waals surface area contributed by atoms with Crippen molar-refractivity contribution in [3.8, 4) is 0 Å². The third-order valence-electron chi connectivity index (χ3n) is 0. The molecule has 0 saturated heterocycles. The summed E-state index contributed by atoms with van der Waals surface area (Å²) < 4.78 is 0. The maximum atomic E-state index is 7.57. The van der Waals surface area contributed by atoms with Crippen LogP contribution in [-0.4, -0.2) is 23.4 Å². The van der Waals surface area contributed by atoms with E-state index in [1.165, 1.54) is 0 Å². The fourth-order valence-corrected chi connectivity index (χ4v) is 0. The van der Waals surface area contributed by atoms with Crippen LogP contribution in [0.5, 0.6) is 0 Å². The highest BCUT2D eigenvalue weighted by Crippen LogP contribution is 1.30. The summed E-state index contributed by atoms with van der Waals surface area (Å²) in [6.45, 7) is 3.86. The topological polar surface area (TPSA) is 40.5 Å². The molecule has 0 radical (unpaired) electrons. The monoisotopic (exact) mass is 126 g/mol. The standard InChI is InChI=1S/2C2H6O.H2S/c2*1-2-3;/h2*3H,2H2,1H3;1H2. The van der Waals surface area contributed by atoms with E-state index in [4.69, 9.17) is 10.2 Å². The van der Waals surface area contributed by atoms with Gasteiger partial charge >= 0.3 is 0 Å². The zero-order chi connectivity index (χ0) is 5.41. The molecule has 0 aliphatic heterocycles. The normalized spacial score (nSPS) is 5.14. The highest BCUT2D eigenvalue weighted by molar-refractivity contribution is 7.59. The van der Waals surface area contributed by atoms with Crippen LogP contribution in [0, 0.1) is 0 Å². The lowest BCUT2D eigenvalue weighted by Crippen LogP contribution is -1.57. The Morgan fingerprint density at radius 2 is 1.00 bits per heavy atom. The van der Waals surface area contributed by atoms with Crippen LogP contribution < -0.4 is 0 Å². The van der Waals surface area contributed by atoms with Crippen molar-refractivity contribution in [2.75, 3.05) is 13.2 Å². The number of rotatable bonds is 0. The van der Waals surface area contributed by atoms with Gasteiger partial charge in [0.25, 0.3) is 0 Å². The molecule has 0 aromatic carbocycles. The number of aliphatic hydroxyl groups excluding tert-OH is 2. The zero-order valence-corrected chi connectivity index (χ0v) is 5.81. The molecule has 0 aliphatic carbocycles. The van der Waals surface area contributed by atoms with E-state index < -0.39 is 0 Å². The van der Waals surface area contributed by atoms with Crippen LogP contribution in [0.1, 0.15) is 13.8 Å². The molecule has 0 rings (SSSR count). The first kappa shape index (κ1) is 15.7. The van der Waals surface area contributed by atoms with E-state index in [0.717, 1.165) is 0 Å². The highest BCUT2D eigenvalue weighted by atomic mass is 32.1. The molecular weight excluding hydrogens is 112 g/mol. The second-order valence-electron chi connectivity index (χ2n) is 0.632. The SMILES string of the molecule is CCO.CCO.S. The van der Waals surface area contributed by atoms with E-state index in [1.807, 2.05) is 0 Å². The lowest BCUT2D eigenvalue weighted by molar-refractivity contribution is 0.318. The molecular formula is C4H14O2S. The van der Waals surface area contributed by atoms with Crippen molar-refractivity contribution in [3.63, 3.8) is 0 Å². The summed E-state index contributed by atoms with van der Waals surface area (Å²) in [6.07, 6.45) is 0. The maximum absolute atomic E-state index is 7.57. The second kappa shape index (κ2) is 33.8. The van der Waals surface area contributed by atoms with Gasteiger partial charge in [0.2, 0.25) is 0 Å². The van der Waals surface area contributed by atoms with Crippen LogP contribution in [0.3, 0.4) is 0 Å². The summed E-state index contributed by atoms with van der Waals surface area (Å²) >= 11 is 0. The number of hydrogen-bond acceptors (Lipinski definition) is 2. The molecule has 0 aliphatic rings. The van der Waals surface area contributed by atoms with E-state index in [9.17, 15) is 0 Å². The first-order valence-electron chi connectivity index (χ1n) is 2.05. The molecule has 0 amide bonds. The Morgan fingerprint density at radius 3 is 1.00 bits per heavy atom. The van der Waals surface area contributed by atoms with Crippen LogP contribution in [-0.2, 0) is 0 Å². The Bertz CT molecular complexity index is 11.7. The quantitative estimate of drug-likeness (QED) is 0.483. The van der Waals surface area contributed by atoms with E-state index in [0.29, 0.717) is 0 Å². The Labute approximate surface area is 51.6 Å². The molecule has 7 heavy (non-hydrogen) atoms. The molecule has 2 nitrogen and oxygen atoms in total. The molecule has 0 atom stereocenters. The third-order valence-corrected chi connectivity index (χ3v) is 0. The third kappa shape index (κ3) is 1570. The Balaban J connectivity index is -0.0000000400. The Kier molecular flexibility index (Phi) is 75.7. The van der Waals surface area contributed by atoms with Gasteiger partial charge in [-0.1, -0.05) is 0 Å². The average molecular weight is 126 g/mol. The summed E-state index contributed by atoms with van der Waals surface area (Å²) in [5, 5.41) is 15.1. The summed E-state index contributed by atoms with van der Waals surface area (Å²) in [5.74, 6) is 0. The van der Waals surface area contributed by atoms with Gasteiger partial charge < -0.3 is 10.2 Å². The van der Waals surface area contributed by atoms with Crippen LogP contribution in [0.2, 0.25) is 0 Å². The predicted octanol–water partition coefficient (Wildman–Crippen LogP) is 0.110. The van der Waals surface area contributed by atoms with Gasteiger partial charge in [0, 0.05) is 13.2 Å².